The van der Waals surface area contributed by atoms with Gasteiger partial charge < -0.3 is 4.90 Å². The summed E-state index contributed by atoms with van der Waals surface area (Å²) in [5.74, 6) is 0.575. The van der Waals surface area contributed by atoms with Crippen LogP contribution in [0.2, 0.25) is 0 Å². The summed E-state index contributed by atoms with van der Waals surface area (Å²) >= 11 is 1.51. The lowest BCUT2D eigenvalue weighted by Crippen LogP contribution is -2.37. The van der Waals surface area contributed by atoms with E-state index >= 15 is 0 Å². The van der Waals surface area contributed by atoms with Crippen LogP contribution in [0, 0.1) is 0 Å². The first-order valence-corrected chi connectivity index (χ1v) is 8.32. The van der Waals surface area contributed by atoms with Crippen molar-refractivity contribution in [2.45, 2.75) is 18.8 Å². The molecule has 1 aliphatic rings. The molecule has 0 aliphatic carbocycles. The van der Waals surface area contributed by atoms with Crippen LogP contribution in [-0.4, -0.2) is 39.1 Å². The third-order valence-electron chi connectivity index (χ3n) is 4.28. The molecule has 3 aromatic heterocycles. The molecular formula is C16H16N4OS. The SMILES string of the molecule is O=C(c1cccs1)N1CCC(c2[nH]nc3ncccc23)CC1. The van der Waals surface area contributed by atoms with E-state index in [2.05, 4.69) is 21.2 Å². The highest BCUT2D eigenvalue weighted by molar-refractivity contribution is 7.12. The molecule has 6 heteroatoms. The minimum Gasteiger partial charge on any atom is -0.338 e. The first kappa shape index (κ1) is 13.5. The molecule has 1 saturated heterocycles. The van der Waals surface area contributed by atoms with E-state index in [1.54, 1.807) is 6.20 Å². The molecule has 1 N–H and O–H groups in total. The lowest BCUT2D eigenvalue weighted by atomic mass is 9.92. The zero-order chi connectivity index (χ0) is 14.9. The molecule has 112 valence electrons. The second-order valence-electron chi connectivity index (χ2n) is 5.56. The predicted molar refractivity (Wildman–Crippen MR) is 86.1 cm³/mol. The minimum atomic E-state index is 0.157. The van der Waals surface area contributed by atoms with Crippen LogP contribution in [0.1, 0.15) is 34.1 Å². The van der Waals surface area contributed by atoms with Crippen molar-refractivity contribution in [3.63, 3.8) is 0 Å². The van der Waals surface area contributed by atoms with Gasteiger partial charge in [0.25, 0.3) is 5.91 Å². The predicted octanol–water partition coefficient (Wildman–Crippen LogP) is 3.04. The number of carbonyl (C=O) groups excluding carboxylic acids is 1. The lowest BCUT2D eigenvalue weighted by molar-refractivity contribution is 0.0717. The molecule has 1 aliphatic heterocycles. The van der Waals surface area contributed by atoms with Crippen molar-refractivity contribution < 1.29 is 4.79 Å². The van der Waals surface area contributed by atoms with Crippen LogP contribution < -0.4 is 0 Å². The van der Waals surface area contributed by atoms with Crippen LogP contribution in [-0.2, 0) is 0 Å². The Labute approximate surface area is 132 Å². The summed E-state index contributed by atoms with van der Waals surface area (Å²) in [5.41, 5.74) is 1.93. The van der Waals surface area contributed by atoms with Gasteiger partial charge >= 0.3 is 0 Å². The lowest BCUT2D eigenvalue weighted by Gasteiger charge is -2.31. The summed E-state index contributed by atoms with van der Waals surface area (Å²) in [6.07, 6.45) is 3.68. The van der Waals surface area contributed by atoms with Gasteiger partial charge in [0.2, 0.25) is 0 Å². The van der Waals surface area contributed by atoms with Gasteiger partial charge in [-0.25, -0.2) is 4.98 Å². The molecule has 1 fully saturated rings. The number of thiophene rings is 1. The van der Waals surface area contributed by atoms with Crippen LogP contribution in [0.3, 0.4) is 0 Å². The Morgan fingerprint density at radius 3 is 2.91 bits per heavy atom. The van der Waals surface area contributed by atoms with Gasteiger partial charge in [0.15, 0.2) is 5.65 Å². The van der Waals surface area contributed by atoms with Gasteiger partial charge in [-0.2, -0.15) is 5.10 Å². The first-order valence-electron chi connectivity index (χ1n) is 7.44. The average molecular weight is 312 g/mol. The fourth-order valence-electron chi connectivity index (χ4n) is 3.11. The molecule has 4 heterocycles. The number of nitrogens with zero attached hydrogens (tertiary/aromatic N) is 3. The number of amides is 1. The standard InChI is InChI=1S/C16H16N4OS/c21-16(13-4-2-10-22-13)20-8-5-11(6-9-20)14-12-3-1-7-17-15(12)19-18-14/h1-4,7,10-11H,5-6,8-9H2,(H,17,18,19). The number of pyridine rings is 1. The molecule has 0 radical (unpaired) electrons. The maximum atomic E-state index is 12.4. The van der Waals surface area contributed by atoms with Crippen molar-refractivity contribution in [3.8, 4) is 0 Å². The number of hydrogen-bond donors (Lipinski definition) is 1. The average Bonchev–Trinajstić information content (AvgIpc) is 3.24. The van der Waals surface area contributed by atoms with Crippen LogP contribution >= 0.6 is 11.3 Å². The molecule has 0 spiro atoms. The first-order chi connectivity index (χ1) is 10.8. The van der Waals surface area contributed by atoms with E-state index in [1.165, 1.54) is 11.3 Å². The van der Waals surface area contributed by atoms with Crippen LogP contribution in [0.5, 0.6) is 0 Å². The van der Waals surface area contributed by atoms with Gasteiger partial charge in [-0.15, -0.1) is 11.3 Å². The zero-order valence-corrected chi connectivity index (χ0v) is 12.8. The molecule has 0 saturated carbocycles. The number of likely N-dealkylation sites (tertiary alicyclic amines) is 1. The second kappa shape index (κ2) is 5.53. The quantitative estimate of drug-likeness (QED) is 0.791. The maximum absolute atomic E-state index is 12.4. The van der Waals surface area contributed by atoms with E-state index in [9.17, 15) is 4.79 Å². The molecule has 4 rings (SSSR count). The summed E-state index contributed by atoms with van der Waals surface area (Å²) in [7, 11) is 0. The topological polar surface area (TPSA) is 61.9 Å². The number of fused-ring (bicyclic) bond motifs is 1. The van der Waals surface area contributed by atoms with Gasteiger partial charge in [-0.3, -0.25) is 9.89 Å². The van der Waals surface area contributed by atoms with E-state index in [4.69, 9.17) is 0 Å². The number of carbonyl (C=O) groups is 1. The number of aromatic amines is 1. The Balaban J connectivity index is 1.49. The van der Waals surface area contributed by atoms with Gasteiger partial charge in [0.1, 0.15) is 0 Å². The largest absolute Gasteiger partial charge is 0.338 e. The number of piperidine rings is 1. The maximum Gasteiger partial charge on any atom is 0.263 e. The number of aromatic nitrogens is 3. The Morgan fingerprint density at radius 2 is 2.14 bits per heavy atom. The monoisotopic (exact) mass is 312 g/mol. The molecule has 22 heavy (non-hydrogen) atoms. The number of H-pyrrole nitrogens is 1. The third-order valence-corrected chi connectivity index (χ3v) is 5.14. The van der Waals surface area contributed by atoms with Crippen LogP contribution in [0.4, 0.5) is 0 Å². The molecule has 0 aromatic carbocycles. The minimum absolute atomic E-state index is 0.157. The Kier molecular flexibility index (Phi) is 3.38. The van der Waals surface area contributed by atoms with Crippen molar-refractivity contribution in [2.24, 2.45) is 0 Å². The zero-order valence-electron chi connectivity index (χ0n) is 12.0. The van der Waals surface area contributed by atoms with E-state index in [1.807, 2.05) is 28.5 Å². The van der Waals surface area contributed by atoms with Crippen molar-refractivity contribution in [3.05, 3.63) is 46.4 Å². The van der Waals surface area contributed by atoms with Gasteiger partial charge in [-0.05, 0) is 36.4 Å². The highest BCUT2D eigenvalue weighted by Gasteiger charge is 2.27. The molecule has 3 aromatic rings. The molecule has 5 nitrogen and oxygen atoms in total. The molecule has 1 amide bonds. The summed E-state index contributed by atoms with van der Waals surface area (Å²) in [6, 6.07) is 7.82. The van der Waals surface area contributed by atoms with Crippen LogP contribution in [0.25, 0.3) is 11.0 Å². The fourth-order valence-corrected chi connectivity index (χ4v) is 3.80. The Morgan fingerprint density at radius 1 is 1.27 bits per heavy atom. The van der Waals surface area contributed by atoms with E-state index in [0.717, 1.165) is 47.5 Å². The molecule has 0 bridgehead atoms. The van der Waals surface area contributed by atoms with E-state index < -0.39 is 0 Å². The molecule has 0 unspecified atom stereocenters. The summed E-state index contributed by atoms with van der Waals surface area (Å²) < 4.78 is 0. The number of hydrogen-bond acceptors (Lipinski definition) is 4. The number of nitrogens with one attached hydrogen (secondary N) is 1. The van der Waals surface area contributed by atoms with Crippen molar-refractivity contribution in [1.29, 1.82) is 0 Å². The van der Waals surface area contributed by atoms with Gasteiger partial charge in [0, 0.05) is 36.3 Å². The fraction of sp³-hybridized carbons (Fsp3) is 0.312. The Hall–Kier alpha value is -2.21. The highest BCUT2D eigenvalue weighted by Crippen LogP contribution is 2.31. The van der Waals surface area contributed by atoms with Gasteiger partial charge in [0.05, 0.1) is 4.88 Å². The van der Waals surface area contributed by atoms with E-state index in [0.29, 0.717) is 5.92 Å². The Bertz CT molecular complexity index is 787. The molecule has 0 atom stereocenters. The van der Waals surface area contributed by atoms with Crippen molar-refractivity contribution >= 4 is 28.3 Å². The van der Waals surface area contributed by atoms with E-state index in [-0.39, 0.29) is 5.91 Å². The number of rotatable bonds is 2. The summed E-state index contributed by atoms with van der Waals surface area (Å²) in [6.45, 7) is 1.59. The summed E-state index contributed by atoms with van der Waals surface area (Å²) in [4.78, 5) is 19.4. The summed E-state index contributed by atoms with van der Waals surface area (Å²) in [5, 5.41) is 10.5. The molecular weight excluding hydrogens is 296 g/mol. The second-order valence-corrected chi connectivity index (χ2v) is 6.50. The normalized spacial score (nSPS) is 16.3. The van der Waals surface area contributed by atoms with Crippen molar-refractivity contribution in [1.82, 2.24) is 20.1 Å². The smallest absolute Gasteiger partial charge is 0.263 e. The van der Waals surface area contributed by atoms with Crippen LogP contribution in [0.15, 0.2) is 35.8 Å². The highest BCUT2D eigenvalue weighted by atomic mass is 32.1. The van der Waals surface area contributed by atoms with Crippen molar-refractivity contribution in [2.75, 3.05) is 13.1 Å². The third kappa shape index (κ3) is 2.29. The van der Waals surface area contributed by atoms with Gasteiger partial charge in [-0.1, -0.05) is 6.07 Å².